The van der Waals surface area contributed by atoms with Crippen LogP contribution in [0.5, 0.6) is 11.5 Å². The lowest BCUT2D eigenvalue weighted by molar-refractivity contribution is -0.137. The normalized spacial score (nSPS) is 11.7. The van der Waals surface area contributed by atoms with E-state index in [1.165, 1.54) is 25.3 Å². The van der Waals surface area contributed by atoms with Gasteiger partial charge in [-0.1, -0.05) is 12.1 Å². The lowest BCUT2D eigenvalue weighted by Gasteiger charge is -2.14. The number of carbonyl (C=O) groups is 1. The van der Waals surface area contributed by atoms with Gasteiger partial charge in [-0.25, -0.2) is 0 Å². The number of rotatable bonds is 6. The van der Waals surface area contributed by atoms with Gasteiger partial charge < -0.3 is 14.8 Å². The molecule has 2 aromatic carbocycles. The summed E-state index contributed by atoms with van der Waals surface area (Å²) < 4.78 is 49.3. The molecule has 2 aromatic rings. The van der Waals surface area contributed by atoms with E-state index in [-0.39, 0.29) is 17.4 Å². The maximum Gasteiger partial charge on any atom is 0.416 e. The second kappa shape index (κ2) is 9.15. The fourth-order valence-electron chi connectivity index (χ4n) is 2.41. The van der Waals surface area contributed by atoms with Crippen molar-refractivity contribution < 1.29 is 27.4 Å². The van der Waals surface area contributed by atoms with E-state index in [0.717, 1.165) is 12.1 Å². The average molecular weight is 404 g/mol. The molecule has 0 radical (unpaired) electrons. The van der Waals surface area contributed by atoms with Gasteiger partial charge >= 0.3 is 6.18 Å². The van der Waals surface area contributed by atoms with Crippen molar-refractivity contribution in [1.29, 1.82) is 5.26 Å². The van der Waals surface area contributed by atoms with E-state index in [1.807, 2.05) is 13.8 Å². The third kappa shape index (κ3) is 6.01. The summed E-state index contributed by atoms with van der Waals surface area (Å²) in [5, 5.41) is 11.6. The first-order valence-electron chi connectivity index (χ1n) is 8.59. The van der Waals surface area contributed by atoms with E-state index in [1.54, 1.807) is 24.3 Å². The van der Waals surface area contributed by atoms with Crippen LogP contribution in [-0.4, -0.2) is 19.1 Å². The van der Waals surface area contributed by atoms with Crippen LogP contribution in [0, 0.1) is 11.3 Å². The first-order valence-corrected chi connectivity index (χ1v) is 8.59. The van der Waals surface area contributed by atoms with E-state index in [9.17, 15) is 23.2 Å². The van der Waals surface area contributed by atoms with Gasteiger partial charge in [0.25, 0.3) is 5.91 Å². The molecule has 0 atom stereocenters. The zero-order valence-corrected chi connectivity index (χ0v) is 16.0. The summed E-state index contributed by atoms with van der Waals surface area (Å²) in [5.41, 5.74) is -0.747. The Bertz CT molecular complexity index is 960. The summed E-state index contributed by atoms with van der Waals surface area (Å²) in [5.74, 6) is 0.0999. The van der Waals surface area contributed by atoms with Gasteiger partial charge in [-0.05, 0) is 55.8 Å². The number of hydrogen-bond acceptors (Lipinski definition) is 4. The van der Waals surface area contributed by atoms with Gasteiger partial charge in [0.15, 0.2) is 11.5 Å². The minimum Gasteiger partial charge on any atom is -0.493 e. The number of methoxy groups -OCH3 is 1. The highest BCUT2D eigenvalue weighted by Gasteiger charge is 2.30. The summed E-state index contributed by atoms with van der Waals surface area (Å²) >= 11 is 0. The van der Waals surface area contributed by atoms with Crippen molar-refractivity contribution >= 4 is 17.7 Å². The quantitative estimate of drug-likeness (QED) is 0.540. The first kappa shape index (κ1) is 21.8. The van der Waals surface area contributed by atoms with E-state index in [0.29, 0.717) is 17.1 Å². The highest BCUT2D eigenvalue weighted by atomic mass is 19.4. The first-order chi connectivity index (χ1) is 13.6. The number of carbonyl (C=O) groups excluding carboxylic acids is 1. The van der Waals surface area contributed by atoms with Crippen LogP contribution in [0.2, 0.25) is 0 Å². The molecule has 0 saturated carbocycles. The van der Waals surface area contributed by atoms with Crippen LogP contribution < -0.4 is 14.8 Å². The summed E-state index contributed by atoms with van der Waals surface area (Å²) in [6.45, 7) is 3.72. The van der Waals surface area contributed by atoms with Crippen LogP contribution in [0.4, 0.5) is 18.9 Å². The molecular formula is C21H19F3N2O3. The molecule has 0 unspecified atom stereocenters. The molecule has 0 aromatic heterocycles. The number of ether oxygens (including phenoxy) is 2. The smallest absolute Gasteiger partial charge is 0.416 e. The highest BCUT2D eigenvalue weighted by Crippen LogP contribution is 2.31. The monoisotopic (exact) mass is 404 g/mol. The number of halogens is 3. The lowest BCUT2D eigenvalue weighted by atomic mass is 10.1. The molecule has 29 heavy (non-hydrogen) atoms. The summed E-state index contributed by atoms with van der Waals surface area (Å²) in [7, 11) is 1.46. The SMILES string of the molecule is COc1cc(/C=C(/C#N)C(=O)Nc2cccc(C(F)(F)F)c2)ccc1OC(C)C. The van der Waals surface area contributed by atoms with Gasteiger partial charge in [-0.2, -0.15) is 18.4 Å². The Hall–Kier alpha value is -3.47. The fourth-order valence-corrected chi connectivity index (χ4v) is 2.41. The molecular weight excluding hydrogens is 385 g/mol. The number of benzene rings is 2. The Balaban J connectivity index is 2.26. The van der Waals surface area contributed by atoms with Crippen molar-refractivity contribution in [2.24, 2.45) is 0 Å². The van der Waals surface area contributed by atoms with Crippen molar-refractivity contribution in [1.82, 2.24) is 0 Å². The number of anilines is 1. The van der Waals surface area contributed by atoms with Crippen molar-refractivity contribution in [3.63, 3.8) is 0 Å². The molecule has 0 saturated heterocycles. The summed E-state index contributed by atoms with van der Waals surface area (Å²) in [4.78, 5) is 12.3. The second-order valence-electron chi connectivity index (χ2n) is 6.28. The molecule has 0 heterocycles. The van der Waals surface area contributed by atoms with Crippen LogP contribution in [0.3, 0.4) is 0 Å². The molecule has 8 heteroatoms. The predicted octanol–water partition coefficient (Wildman–Crippen LogP) is 5.05. The maximum atomic E-state index is 12.8. The number of amides is 1. The number of alkyl halides is 3. The van der Waals surface area contributed by atoms with Gasteiger partial charge in [0, 0.05) is 5.69 Å². The van der Waals surface area contributed by atoms with E-state index in [2.05, 4.69) is 5.32 Å². The Labute approximate surface area is 166 Å². The number of hydrogen-bond donors (Lipinski definition) is 1. The van der Waals surface area contributed by atoms with E-state index in [4.69, 9.17) is 9.47 Å². The van der Waals surface area contributed by atoms with Crippen molar-refractivity contribution in [2.75, 3.05) is 12.4 Å². The van der Waals surface area contributed by atoms with Gasteiger partial charge in [0.05, 0.1) is 18.8 Å². The van der Waals surface area contributed by atoms with Crippen LogP contribution in [0.15, 0.2) is 48.0 Å². The van der Waals surface area contributed by atoms with Crippen molar-refractivity contribution in [3.8, 4) is 17.6 Å². The predicted molar refractivity (Wildman–Crippen MR) is 102 cm³/mol. The van der Waals surface area contributed by atoms with Gasteiger partial charge in [0.2, 0.25) is 0 Å². The second-order valence-corrected chi connectivity index (χ2v) is 6.28. The minimum atomic E-state index is -4.54. The number of nitrogens with zero attached hydrogens (tertiary/aromatic N) is 1. The molecule has 0 bridgehead atoms. The Morgan fingerprint density at radius 1 is 1.17 bits per heavy atom. The van der Waals surface area contributed by atoms with Gasteiger partial charge in [-0.15, -0.1) is 0 Å². The highest BCUT2D eigenvalue weighted by molar-refractivity contribution is 6.09. The lowest BCUT2D eigenvalue weighted by Crippen LogP contribution is -2.14. The Kier molecular flexibility index (Phi) is 6.89. The largest absolute Gasteiger partial charge is 0.493 e. The van der Waals surface area contributed by atoms with Gasteiger partial charge in [-0.3, -0.25) is 4.79 Å². The number of nitriles is 1. The zero-order valence-electron chi connectivity index (χ0n) is 16.0. The van der Waals surface area contributed by atoms with Crippen LogP contribution in [-0.2, 0) is 11.0 Å². The van der Waals surface area contributed by atoms with Gasteiger partial charge in [0.1, 0.15) is 11.6 Å². The molecule has 0 aliphatic heterocycles. The molecule has 152 valence electrons. The topological polar surface area (TPSA) is 71.3 Å². The molecule has 1 amide bonds. The molecule has 1 N–H and O–H groups in total. The number of nitrogens with one attached hydrogen (secondary N) is 1. The van der Waals surface area contributed by atoms with Crippen molar-refractivity contribution in [2.45, 2.75) is 26.1 Å². The van der Waals surface area contributed by atoms with E-state index >= 15 is 0 Å². The van der Waals surface area contributed by atoms with Crippen molar-refractivity contribution in [3.05, 3.63) is 59.2 Å². The summed E-state index contributed by atoms with van der Waals surface area (Å²) in [6.07, 6.45) is -3.30. The molecule has 0 aliphatic carbocycles. The maximum absolute atomic E-state index is 12.8. The summed E-state index contributed by atoms with van der Waals surface area (Å²) in [6, 6.07) is 10.8. The molecule has 0 fully saturated rings. The molecule has 5 nitrogen and oxygen atoms in total. The van der Waals surface area contributed by atoms with Crippen LogP contribution in [0.1, 0.15) is 25.0 Å². The average Bonchev–Trinajstić information content (AvgIpc) is 2.66. The minimum absolute atomic E-state index is 0.0655. The molecule has 0 spiro atoms. The standard InChI is InChI=1S/C21H19F3N2O3/c1-13(2)29-18-8-7-14(10-19(18)28-3)9-15(12-25)20(27)26-17-6-4-5-16(11-17)21(22,23)24/h4-11,13H,1-3H3,(H,26,27)/b15-9-. The molecule has 0 aliphatic rings. The zero-order chi connectivity index (χ0) is 21.6. The Morgan fingerprint density at radius 3 is 2.48 bits per heavy atom. The Morgan fingerprint density at radius 2 is 1.90 bits per heavy atom. The van der Waals surface area contributed by atoms with Crippen LogP contribution in [0.25, 0.3) is 6.08 Å². The third-order valence-electron chi connectivity index (χ3n) is 3.67. The van der Waals surface area contributed by atoms with Crippen LogP contribution >= 0.6 is 0 Å². The molecule has 2 rings (SSSR count). The third-order valence-corrected chi connectivity index (χ3v) is 3.67. The fraction of sp³-hybridized carbons (Fsp3) is 0.238. The van der Waals surface area contributed by atoms with E-state index < -0.39 is 17.6 Å².